The average Bonchev–Trinajstić information content (AvgIpc) is 2.82. The highest BCUT2D eigenvalue weighted by atomic mass is 32.1. The summed E-state index contributed by atoms with van der Waals surface area (Å²) in [5.74, 6) is 0. The van der Waals surface area contributed by atoms with Crippen molar-refractivity contribution in [2.75, 3.05) is 4.90 Å². The molecule has 0 saturated carbocycles. The van der Waals surface area contributed by atoms with Gasteiger partial charge in [-0.2, -0.15) is 0 Å². The molecule has 3 heteroatoms. The van der Waals surface area contributed by atoms with Gasteiger partial charge in [0.1, 0.15) is 0 Å². The van der Waals surface area contributed by atoms with Crippen LogP contribution in [0.3, 0.4) is 0 Å². The van der Waals surface area contributed by atoms with Gasteiger partial charge in [0.05, 0.1) is 10.2 Å². The zero-order valence-electron chi connectivity index (χ0n) is 9.68. The van der Waals surface area contributed by atoms with E-state index in [1.54, 1.807) is 0 Å². The first-order chi connectivity index (χ1) is 7.75. The Balaban J connectivity index is 2.05. The second kappa shape index (κ2) is 3.74. The maximum atomic E-state index is 4.74. The van der Waals surface area contributed by atoms with E-state index in [9.17, 15) is 0 Å². The summed E-state index contributed by atoms with van der Waals surface area (Å²) >= 11 is 1.82. The van der Waals surface area contributed by atoms with Crippen LogP contribution in [0.5, 0.6) is 0 Å². The number of thiazole rings is 1. The Kier molecular flexibility index (Phi) is 2.36. The van der Waals surface area contributed by atoms with Gasteiger partial charge >= 0.3 is 0 Å². The van der Waals surface area contributed by atoms with E-state index in [0.29, 0.717) is 12.1 Å². The largest absolute Gasteiger partial charge is 0.343 e. The van der Waals surface area contributed by atoms with Crippen LogP contribution in [0.1, 0.15) is 26.7 Å². The van der Waals surface area contributed by atoms with Crippen LogP contribution in [0.4, 0.5) is 5.13 Å². The molecule has 1 aromatic heterocycles. The van der Waals surface area contributed by atoms with Crippen molar-refractivity contribution in [2.45, 2.75) is 38.8 Å². The molecule has 3 rings (SSSR count). The van der Waals surface area contributed by atoms with E-state index < -0.39 is 0 Å². The molecule has 1 saturated heterocycles. The zero-order valence-corrected chi connectivity index (χ0v) is 10.5. The van der Waals surface area contributed by atoms with Crippen LogP contribution in [-0.4, -0.2) is 17.1 Å². The number of fused-ring (bicyclic) bond motifs is 1. The first kappa shape index (κ1) is 10.1. The van der Waals surface area contributed by atoms with Gasteiger partial charge < -0.3 is 4.90 Å². The fraction of sp³-hybridized carbons (Fsp3) is 0.462. The van der Waals surface area contributed by atoms with E-state index in [1.807, 2.05) is 11.3 Å². The summed E-state index contributed by atoms with van der Waals surface area (Å²) in [5.41, 5.74) is 1.13. The Morgan fingerprint density at radius 3 is 2.56 bits per heavy atom. The summed E-state index contributed by atoms with van der Waals surface area (Å²) in [7, 11) is 0. The molecule has 0 spiro atoms. The Hall–Kier alpha value is -1.09. The molecule has 2 aromatic rings. The van der Waals surface area contributed by atoms with E-state index in [2.05, 4.69) is 43.0 Å². The van der Waals surface area contributed by atoms with Gasteiger partial charge in [-0.3, -0.25) is 0 Å². The van der Waals surface area contributed by atoms with Crippen molar-refractivity contribution >= 4 is 26.7 Å². The maximum Gasteiger partial charge on any atom is 0.186 e. The summed E-state index contributed by atoms with van der Waals surface area (Å²) in [6.07, 6.45) is 2.58. The number of hydrogen-bond donors (Lipinski definition) is 0. The van der Waals surface area contributed by atoms with Crippen LogP contribution in [0.25, 0.3) is 10.2 Å². The van der Waals surface area contributed by atoms with Crippen LogP contribution in [0, 0.1) is 0 Å². The molecule has 1 aliphatic rings. The van der Waals surface area contributed by atoms with Gasteiger partial charge in [-0.15, -0.1) is 0 Å². The van der Waals surface area contributed by atoms with Crippen molar-refractivity contribution in [3.05, 3.63) is 24.3 Å². The van der Waals surface area contributed by atoms with Crippen LogP contribution < -0.4 is 4.90 Å². The highest BCUT2D eigenvalue weighted by Gasteiger charge is 2.29. The number of nitrogens with zero attached hydrogens (tertiary/aromatic N) is 2. The third-order valence-electron chi connectivity index (χ3n) is 3.46. The minimum absolute atomic E-state index is 0.635. The van der Waals surface area contributed by atoms with Gasteiger partial charge in [0.2, 0.25) is 0 Å². The lowest BCUT2D eigenvalue weighted by molar-refractivity contribution is 0.692. The van der Waals surface area contributed by atoms with Gasteiger partial charge in [0.25, 0.3) is 0 Å². The first-order valence-corrected chi connectivity index (χ1v) is 6.71. The van der Waals surface area contributed by atoms with Crippen LogP contribution in [-0.2, 0) is 0 Å². The van der Waals surface area contributed by atoms with E-state index in [1.165, 1.54) is 22.7 Å². The van der Waals surface area contributed by atoms with Crippen molar-refractivity contribution in [3.8, 4) is 0 Å². The Morgan fingerprint density at radius 1 is 1.19 bits per heavy atom. The number of hydrogen-bond acceptors (Lipinski definition) is 3. The lowest BCUT2D eigenvalue weighted by Crippen LogP contribution is -2.32. The molecular weight excluding hydrogens is 216 g/mol. The van der Waals surface area contributed by atoms with Crippen molar-refractivity contribution in [2.24, 2.45) is 0 Å². The Labute approximate surface area is 99.9 Å². The van der Waals surface area contributed by atoms with Crippen molar-refractivity contribution in [1.29, 1.82) is 0 Å². The maximum absolute atomic E-state index is 4.74. The molecule has 0 unspecified atom stereocenters. The monoisotopic (exact) mass is 232 g/mol. The molecule has 0 aliphatic carbocycles. The molecule has 1 aliphatic heterocycles. The first-order valence-electron chi connectivity index (χ1n) is 5.89. The fourth-order valence-electron chi connectivity index (χ4n) is 2.54. The zero-order chi connectivity index (χ0) is 11.1. The third-order valence-corrected chi connectivity index (χ3v) is 4.51. The third kappa shape index (κ3) is 1.50. The summed E-state index contributed by atoms with van der Waals surface area (Å²) in [4.78, 5) is 7.22. The smallest absolute Gasteiger partial charge is 0.186 e. The Morgan fingerprint density at radius 2 is 1.88 bits per heavy atom. The minimum atomic E-state index is 0.635. The lowest BCUT2D eigenvalue weighted by atomic mass is 10.2. The normalized spacial score (nSPS) is 25.5. The molecule has 2 nitrogen and oxygen atoms in total. The average molecular weight is 232 g/mol. The topological polar surface area (TPSA) is 16.1 Å². The predicted molar refractivity (Wildman–Crippen MR) is 70.3 cm³/mol. The predicted octanol–water partition coefficient (Wildman–Crippen LogP) is 3.67. The molecule has 2 atom stereocenters. The van der Waals surface area contributed by atoms with E-state index >= 15 is 0 Å². The number of rotatable bonds is 1. The standard InChI is InChI=1S/C13H16N2S/c1-9-7-8-10(2)15(9)13-14-11-5-3-4-6-12(11)16-13/h3-6,9-10H,7-8H2,1-2H3/t9-,10-/m1/s1. The molecule has 1 fully saturated rings. The summed E-state index contributed by atoms with van der Waals surface area (Å²) in [6, 6.07) is 9.66. The highest BCUT2D eigenvalue weighted by Crippen LogP contribution is 2.35. The van der Waals surface area contributed by atoms with Crippen molar-refractivity contribution in [3.63, 3.8) is 0 Å². The van der Waals surface area contributed by atoms with Gasteiger partial charge in [-0.05, 0) is 38.8 Å². The molecule has 0 bridgehead atoms. The SMILES string of the molecule is C[C@@H]1CC[C@@H](C)N1c1nc2ccccc2s1. The number of para-hydroxylation sites is 1. The molecule has 0 N–H and O–H groups in total. The molecule has 1 aromatic carbocycles. The van der Waals surface area contributed by atoms with Gasteiger partial charge in [-0.25, -0.2) is 4.98 Å². The van der Waals surface area contributed by atoms with E-state index in [-0.39, 0.29) is 0 Å². The second-order valence-electron chi connectivity index (χ2n) is 4.65. The summed E-state index contributed by atoms with van der Waals surface area (Å²) in [5, 5.41) is 1.19. The van der Waals surface area contributed by atoms with Gasteiger partial charge in [-0.1, -0.05) is 23.5 Å². The minimum Gasteiger partial charge on any atom is -0.343 e. The lowest BCUT2D eigenvalue weighted by Gasteiger charge is -2.25. The fourth-order valence-corrected chi connectivity index (χ4v) is 3.71. The van der Waals surface area contributed by atoms with Crippen molar-refractivity contribution in [1.82, 2.24) is 4.98 Å². The number of anilines is 1. The number of aromatic nitrogens is 1. The van der Waals surface area contributed by atoms with Crippen molar-refractivity contribution < 1.29 is 0 Å². The van der Waals surface area contributed by atoms with E-state index in [4.69, 9.17) is 4.98 Å². The van der Waals surface area contributed by atoms with Gasteiger partial charge in [0, 0.05) is 12.1 Å². The number of benzene rings is 1. The quantitative estimate of drug-likeness (QED) is 0.745. The molecule has 84 valence electrons. The van der Waals surface area contributed by atoms with E-state index in [0.717, 1.165) is 5.52 Å². The highest BCUT2D eigenvalue weighted by molar-refractivity contribution is 7.22. The molecule has 2 heterocycles. The summed E-state index contributed by atoms with van der Waals surface area (Å²) in [6.45, 7) is 4.60. The molecule has 0 amide bonds. The molecular formula is C13H16N2S. The van der Waals surface area contributed by atoms with Crippen LogP contribution in [0.2, 0.25) is 0 Å². The Bertz CT molecular complexity index is 462. The van der Waals surface area contributed by atoms with Gasteiger partial charge in [0.15, 0.2) is 5.13 Å². The van der Waals surface area contributed by atoms with Crippen LogP contribution >= 0.6 is 11.3 Å². The van der Waals surface area contributed by atoms with Crippen LogP contribution in [0.15, 0.2) is 24.3 Å². The summed E-state index contributed by atoms with van der Waals surface area (Å²) < 4.78 is 1.30. The molecule has 16 heavy (non-hydrogen) atoms. The second-order valence-corrected chi connectivity index (χ2v) is 5.66. The molecule has 0 radical (unpaired) electrons.